The molecule has 3 heterocycles. The number of aromatic nitrogens is 4. The van der Waals surface area contributed by atoms with E-state index in [0.29, 0.717) is 25.1 Å². The number of amides is 1. The normalized spacial score (nSPS) is 18.2. The monoisotopic (exact) mass is 357 g/mol. The minimum Gasteiger partial charge on any atom is -0.387 e. The van der Waals surface area contributed by atoms with Crippen LogP contribution in [0.5, 0.6) is 0 Å². The van der Waals surface area contributed by atoms with Gasteiger partial charge < -0.3 is 10.0 Å². The van der Waals surface area contributed by atoms with Crippen molar-refractivity contribution in [3.8, 4) is 0 Å². The largest absolute Gasteiger partial charge is 0.387 e. The molecule has 0 spiro atoms. The zero-order chi connectivity index (χ0) is 18.1. The van der Waals surface area contributed by atoms with Crippen molar-refractivity contribution in [2.75, 3.05) is 6.54 Å². The maximum absolute atomic E-state index is 12.8. The standard InChI is InChI=1S/C19H27N5O2/c1-13(25)18-11-14-12-23(9-4-10-24(14)22-18)19(26)8-7-17-15-5-2-3-6-16(15)20-21-17/h11,13,25H,2-10,12H2,1H3,(H,20,21). The molecular formula is C19H27N5O2. The average Bonchev–Trinajstić information content (AvgIpc) is 3.18. The molecule has 1 unspecified atom stereocenters. The molecule has 1 amide bonds. The van der Waals surface area contributed by atoms with Crippen LogP contribution < -0.4 is 0 Å². The van der Waals surface area contributed by atoms with E-state index < -0.39 is 6.10 Å². The molecule has 2 aliphatic rings. The van der Waals surface area contributed by atoms with Crippen molar-refractivity contribution in [3.63, 3.8) is 0 Å². The van der Waals surface area contributed by atoms with Crippen LogP contribution in [-0.4, -0.2) is 42.4 Å². The van der Waals surface area contributed by atoms with E-state index in [1.165, 1.54) is 24.1 Å². The summed E-state index contributed by atoms with van der Waals surface area (Å²) in [4.78, 5) is 14.7. The van der Waals surface area contributed by atoms with Crippen molar-refractivity contribution in [1.29, 1.82) is 0 Å². The van der Waals surface area contributed by atoms with Crippen LogP contribution in [0.4, 0.5) is 0 Å². The van der Waals surface area contributed by atoms with E-state index in [1.807, 2.05) is 15.6 Å². The SMILES string of the molecule is CC(O)c1cc2n(n1)CCCN(C(=O)CCc1n[nH]c3c1CCCC3)C2. The number of H-pyrrole nitrogens is 1. The Labute approximate surface area is 153 Å². The highest BCUT2D eigenvalue weighted by Gasteiger charge is 2.23. The zero-order valence-electron chi connectivity index (χ0n) is 15.4. The molecule has 0 bridgehead atoms. The van der Waals surface area contributed by atoms with Crippen LogP contribution in [0, 0.1) is 0 Å². The number of carbonyl (C=O) groups is 1. The lowest BCUT2D eigenvalue weighted by molar-refractivity contribution is -0.131. The molecule has 2 aromatic rings. The van der Waals surface area contributed by atoms with Crippen molar-refractivity contribution in [2.24, 2.45) is 0 Å². The van der Waals surface area contributed by atoms with Crippen molar-refractivity contribution in [1.82, 2.24) is 24.9 Å². The second-order valence-corrected chi connectivity index (χ2v) is 7.46. The Morgan fingerprint density at radius 3 is 3.00 bits per heavy atom. The lowest BCUT2D eigenvalue weighted by atomic mass is 9.94. The summed E-state index contributed by atoms with van der Waals surface area (Å²) in [6.07, 6.45) is 6.12. The maximum atomic E-state index is 12.8. The van der Waals surface area contributed by atoms with E-state index in [0.717, 1.165) is 43.7 Å². The molecule has 0 radical (unpaired) electrons. The number of fused-ring (bicyclic) bond motifs is 2. The van der Waals surface area contributed by atoms with Crippen molar-refractivity contribution in [3.05, 3.63) is 34.4 Å². The number of rotatable bonds is 4. The average molecular weight is 357 g/mol. The third-order valence-corrected chi connectivity index (χ3v) is 5.53. The number of aryl methyl sites for hydroxylation is 3. The molecule has 26 heavy (non-hydrogen) atoms. The predicted molar refractivity (Wildman–Crippen MR) is 96.4 cm³/mol. The Kier molecular flexibility index (Phi) is 4.80. The topological polar surface area (TPSA) is 87.0 Å². The van der Waals surface area contributed by atoms with Gasteiger partial charge in [0, 0.05) is 31.6 Å². The molecule has 7 heteroatoms. The Hall–Kier alpha value is -2.15. The lowest BCUT2D eigenvalue weighted by Gasteiger charge is -2.20. The minimum absolute atomic E-state index is 0.172. The summed E-state index contributed by atoms with van der Waals surface area (Å²) in [6, 6.07) is 1.92. The van der Waals surface area contributed by atoms with Gasteiger partial charge >= 0.3 is 0 Å². The third kappa shape index (κ3) is 3.40. The molecule has 140 valence electrons. The lowest BCUT2D eigenvalue weighted by Crippen LogP contribution is -2.31. The molecule has 1 aliphatic carbocycles. The molecular weight excluding hydrogens is 330 g/mol. The van der Waals surface area contributed by atoms with E-state index in [1.54, 1.807) is 6.92 Å². The second kappa shape index (κ2) is 7.23. The van der Waals surface area contributed by atoms with Gasteiger partial charge in [0.2, 0.25) is 5.91 Å². The Bertz CT molecular complexity index is 792. The fourth-order valence-electron chi connectivity index (χ4n) is 4.04. The Morgan fingerprint density at radius 2 is 2.15 bits per heavy atom. The molecule has 2 N–H and O–H groups in total. The first kappa shape index (κ1) is 17.3. The minimum atomic E-state index is -0.579. The van der Waals surface area contributed by atoms with Gasteiger partial charge in [0.25, 0.3) is 0 Å². The number of nitrogens with one attached hydrogen (secondary N) is 1. The number of aromatic amines is 1. The van der Waals surface area contributed by atoms with Crippen LogP contribution in [0.15, 0.2) is 6.07 Å². The highest BCUT2D eigenvalue weighted by atomic mass is 16.3. The summed E-state index contributed by atoms with van der Waals surface area (Å²) in [7, 11) is 0. The first-order valence-electron chi connectivity index (χ1n) is 9.69. The van der Waals surface area contributed by atoms with Gasteiger partial charge in [0.15, 0.2) is 0 Å². The maximum Gasteiger partial charge on any atom is 0.223 e. The van der Waals surface area contributed by atoms with E-state index >= 15 is 0 Å². The molecule has 0 fully saturated rings. The summed E-state index contributed by atoms with van der Waals surface area (Å²) in [5.41, 5.74) is 5.37. The summed E-state index contributed by atoms with van der Waals surface area (Å²) >= 11 is 0. The van der Waals surface area contributed by atoms with Gasteiger partial charge in [-0.05, 0) is 50.7 Å². The Balaban J connectivity index is 1.40. The van der Waals surface area contributed by atoms with Crippen LogP contribution in [0.25, 0.3) is 0 Å². The van der Waals surface area contributed by atoms with Gasteiger partial charge in [0.1, 0.15) is 0 Å². The number of nitrogens with zero attached hydrogens (tertiary/aromatic N) is 4. The predicted octanol–water partition coefficient (Wildman–Crippen LogP) is 1.90. The van der Waals surface area contributed by atoms with Crippen LogP contribution >= 0.6 is 0 Å². The van der Waals surface area contributed by atoms with Crippen LogP contribution in [0.2, 0.25) is 0 Å². The number of hydrogen-bond acceptors (Lipinski definition) is 4. The van der Waals surface area contributed by atoms with Crippen molar-refractivity contribution >= 4 is 5.91 Å². The molecule has 0 saturated heterocycles. The molecule has 0 saturated carbocycles. The van der Waals surface area contributed by atoms with Gasteiger partial charge in [-0.15, -0.1) is 0 Å². The quantitative estimate of drug-likeness (QED) is 0.875. The van der Waals surface area contributed by atoms with E-state index in [2.05, 4.69) is 15.3 Å². The van der Waals surface area contributed by atoms with E-state index in [-0.39, 0.29) is 5.91 Å². The molecule has 0 aromatic carbocycles. The first-order chi connectivity index (χ1) is 12.6. The first-order valence-corrected chi connectivity index (χ1v) is 9.69. The smallest absolute Gasteiger partial charge is 0.223 e. The number of hydrogen-bond donors (Lipinski definition) is 2. The van der Waals surface area contributed by atoms with Crippen molar-refractivity contribution < 1.29 is 9.90 Å². The summed E-state index contributed by atoms with van der Waals surface area (Å²) in [5, 5.41) is 21.8. The van der Waals surface area contributed by atoms with Gasteiger partial charge in [-0.1, -0.05) is 0 Å². The van der Waals surface area contributed by atoms with Gasteiger partial charge in [0.05, 0.1) is 29.7 Å². The summed E-state index contributed by atoms with van der Waals surface area (Å²) < 4.78 is 1.93. The molecule has 4 rings (SSSR count). The number of carbonyl (C=O) groups excluding carboxylic acids is 1. The van der Waals surface area contributed by atoms with Gasteiger partial charge in [-0.25, -0.2) is 0 Å². The van der Waals surface area contributed by atoms with Gasteiger partial charge in [-0.3, -0.25) is 14.6 Å². The molecule has 1 atom stereocenters. The molecule has 1 aliphatic heterocycles. The highest BCUT2D eigenvalue weighted by molar-refractivity contribution is 5.76. The summed E-state index contributed by atoms with van der Waals surface area (Å²) in [5.74, 6) is 0.172. The van der Waals surface area contributed by atoms with E-state index in [9.17, 15) is 9.90 Å². The van der Waals surface area contributed by atoms with Crippen LogP contribution in [0.3, 0.4) is 0 Å². The number of aliphatic hydroxyl groups is 1. The second-order valence-electron chi connectivity index (χ2n) is 7.46. The van der Waals surface area contributed by atoms with Crippen LogP contribution in [-0.2, 0) is 37.1 Å². The van der Waals surface area contributed by atoms with Gasteiger partial charge in [-0.2, -0.15) is 10.2 Å². The Morgan fingerprint density at radius 1 is 1.31 bits per heavy atom. The zero-order valence-corrected chi connectivity index (χ0v) is 15.4. The fraction of sp³-hybridized carbons (Fsp3) is 0.632. The molecule has 7 nitrogen and oxygen atoms in total. The van der Waals surface area contributed by atoms with Crippen molar-refractivity contribution in [2.45, 2.75) is 71.1 Å². The fourth-order valence-corrected chi connectivity index (χ4v) is 4.04. The van der Waals surface area contributed by atoms with Crippen LogP contribution in [0.1, 0.15) is 67.1 Å². The third-order valence-electron chi connectivity index (χ3n) is 5.53. The van der Waals surface area contributed by atoms with E-state index in [4.69, 9.17) is 0 Å². The summed E-state index contributed by atoms with van der Waals surface area (Å²) in [6.45, 7) is 3.83. The number of aliphatic hydroxyl groups excluding tert-OH is 1. The highest BCUT2D eigenvalue weighted by Crippen LogP contribution is 2.23. The molecule has 2 aromatic heterocycles.